The number of hydrogen-bond donors (Lipinski definition) is 2. The molecule has 2 aromatic carbocycles. The topological polar surface area (TPSA) is 81.4 Å². The third kappa shape index (κ3) is 4.60. The van der Waals surface area contributed by atoms with Gasteiger partial charge in [0, 0.05) is 23.4 Å². The minimum Gasteiger partial charge on any atom is -0.496 e. The van der Waals surface area contributed by atoms with E-state index in [1.165, 1.54) is 0 Å². The van der Waals surface area contributed by atoms with Gasteiger partial charge in [0.05, 0.1) is 12.0 Å². The van der Waals surface area contributed by atoms with Gasteiger partial charge in [0.25, 0.3) is 0 Å². The number of rotatable bonds is 8. The highest BCUT2D eigenvalue weighted by Gasteiger charge is 2.22. The average Bonchev–Trinajstić information content (AvgIpc) is 2.57. The molecule has 0 amide bonds. The Balaban J connectivity index is 0.00000288. The maximum Gasteiger partial charge on any atom is 0.241 e. The summed E-state index contributed by atoms with van der Waals surface area (Å²) in [6.07, 6.45) is 2.68. The Labute approximate surface area is 150 Å². The van der Waals surface area contributed by atoms with Crippen molar-refractivity contribution in [2.45, 2.75) is 37.1 Å². The van der Waals surface area contributed by atoms with Gasteiger partial charge in [-0.15, -0.1) is 12.4 Å². The molecule has 0 fully saturated rings. The zero-order chi connectivity index (χ0) is 16.9. The molecule has 0 saturated carbocycles. The fourth-order valence-electron chi connectivity index (χ4n) is 2.61. The molecular formula is C17H25ClN2O3S. The zero-order valence-corrected chi connectivity index (χ0v) is 15.6. The number of fused-ring (bicyclic) bond motifs is 1. The molecule has 134 valence electrons. The third-order valence-corrected chi connectivity index (χ3v) is 5.44. The fraction of sp³-hybridized carbons (Fsp3) is 0.412. The van der Waals surface area contributed by atoms with Crippen LogP contribution in [0.2, 0.25) is 0 Å². The Morgan fingerprint density at radius 1 is 1.17 bits per heavy atom. The molecule has 5 nitrogen and oxygen atoms in total. The smallest absolute Gasteiger partial charge is 0.241 e. The van der Waals surface area contributed by atoms with Gasteiger partial charge >= 0.3 is 0 Å². The van der Waals surface area contributed by atoms with E-state index in [2.05, 4.69) is 11.6 Å². The number of nitrogens with two attached hydrogens (primary N) is 1. The van der Waals surface area contributed by atoms with Crippen LogP contribution in [-0.4, -0.2) is 28.1 Å². The lowest BCUT2D eigenvalue weighted by atomic mass is 10.1. The van der Waals surface area contributed by atoms with E-state index >= 15 is 0 Å². The molecule has 0 bridgehead atoms. The van der Waals surface area contributed by atoms with E-state index in [1.807, 2.05) is 18.2 Å². The van der Waals surface area contributed by atoms with Crippen LogP contribution in [0, 0.1) is 0 Å². The summed E-state index contributed by atoms with van der Waals surface area (Å²) in [6, 6.07) is 10.3. The normalized spacial score (nSPS) is 12.6. The van der Waals surface area contributed by atoms with E-state index in [0.29, 0.717) is 11.1 Å². The lowest BCUT2D eigenvalue weighted by Gasteiger charge is -2.18. The molecule has 0 aliphatic heterocycles. The summed E-state index contributed by atoms with van der Waals surface area (Å²) in [5, 5.41) is 1.42. The number of ether oxygens (including phenoxy) is 1. The maximum absolute atomic E-state index is 12.8. The molecule has 0 heterocycles. The average molecular weight is 373 g/mol. The molecule has 7 heteroatoms. The molecule has 0 aliphatic rings. The van der Waals surface area contributed by atoms with E-state index in [4.69, 9.17) is 10.5 Å². The van der Waals surface area contributed by atoms with Crippen molar-refractivity contribution in [2.24, 2.45) is 5.73 Å². The van der Waals surface area contributed by atoms with Crippen molar-refractivity contribution >= 4 is 33.2 Å². The minimum absolute atomic E-state index is 0. The van der Waals surface area contributed by atoms with Crippen LogP contribution >= 0.6 is 12.4 Å². The van der Waals surface area contributed by atoms with Gasteiger partial charge in [0.15, 0.2) is 0 Å². The van der Waals surface area contributed by atoms with Crippen molar-refractivity contribution in [3.05, 3.63) is 36.4 Å². The number of nitrogens with one attached hydrogen (secondary N) is 1. The van der Waals surface area contributed by atoms with Crippen LogP contribution < -0.4 is 15.2 Å². The molecule has 0 aromatic heterocycles. The standard InChI is InChI=1S/C17H24N2O3S.ClH/c1-3-4-7-13(12-18)19-23(20,21)17-11-10-16(22-2)14-8-5-6-9-15(14)17;/h5-6,8-11,13,19H,3-4,7,12,18H2,1-2H3;1H. The van der Waals surface area contributed by atoms with Crippen molar-refractivity contribution in [3.63, 3.8) is 0 Å². The first kappa shape index (κ1) is 20.7. The van der Waals surface area contributed by atoms with Gasteiger partial charge in [0.1, 0.15) is 5.75 Å². The number of methoxy groups -OCH3 is 1. The van der Waals surface area contributed by atoms with Gasteiger partial charge in [-0.2, -0.15) is 0 Å². The van der Waals surface area contributed by atoms with E-state index in [0.717, 1.165) is 24.6 Å². The molecular weight excluding hydrogens is 348 g/mol. The monoisotopic (exact) mass is 372 g/mol. The second-order valence-electron chi connectivity index (χ2n) is 5.51. The van der Waals surface area contributed by atoms with Crippen LogP contribution in [0.5, 0.6) is 5.75 Å². The number of sulfonamides is 1. The van der Waals surface area contributed by atoms with E-state index in [9.17, 15) is 8.42 Å². The first-order valence-electron chi connectivity index (χ1n) is 7.81. The number of unbranched alkanes of at least 4 members (excludes halogenated alkanes) is 1. The predicted molar refractivity (Wildman–Crippen MR) is 100 cm³/mol. The van der Waals surface area contributed by atoms with Crippen LogP contribution in [0.4, 0.5) is 0 Å². The van der Waals surface area contributed by atoms with E-state index < -0.39 is 10.0 Å². The summed E-state index contributed by atoms with van der Waals surface area (Å²) < 4.78 is 33.6. The Bertz CT molecular complexity index is 766. The quantitative estimate of drug-likeness (QED) is 0.746. The summed E-state index contributed by atoms with van der Waals surface area (Å²) >= 11 is 0. The maximum atomic E-state index is 12.8. The van der Waals surface area contributed by atoms with Crippen LogP contribution in [0.15, 0.2) is 41.3 Å². The van der Waals surface area contributed by atoms with E-state index in [1.54, 1.807) is 25.3 Å². The summed E-state index contributed by atoms with van der Waals surface area (Å²) in [7, 11) is -2.07. The number of hydrogen-bond acceptors (Lipinski definition) is 4. The Kier molecular flexibility index (Phi) is 7.96. The number of halogens is 1. The van der Waals surface area contributed by atoms with Crippen molar-refractivity contribution in [2.75, 3.05) is 13.7 Å². The highest BCUT2D eigenvalue weighted by Crippen LogP contribution is 2.30. The van der Waals surface area contributed by atoms with Gasteiger partial charge in [-0.1, -0.05) is 44.0 Å². The molecule has 2 rings (SSSR count). The first-order valence-corrected chi connectivity index (χ1v) is 9.30. The summed E-state index contributed by atoms with van der Waals surface area (Å²) in [5.74, 6) is 0.654. The van der Waals surface area contributed by atoms with Crippen molar-refractivity contribution < 1.29 is 13.2 Å². The highest BCUT2D eigenvalue weighted by molar-refractivity contribution is 7.89. The minimum atomic E-state index is -3.64. The molecule has 0 aliphatic carbocycles. The second kappa shape index (κ2) is 9.22. The summed E-state index contributed by atoms with van der Waals surface area (Å²) in [5.41, 5.74) is 5.71. The van der Waals surface area contributed by atoms with Crippen LogP contribution in [0.1, 0.15) is 26.2 Å². The van der Waals surface area contributed by atoms with Crippen molar-refractivity contribution in [3.8, 4) is 5.75 Å². The van der Waals surface area contributed by atoms with Crippen LogP contribution in [0.3, 0.4) is 0 Å². The lowest BCUT2D eigenvalue weighted by molar-refractivity contribution is 0.419. The van der Waals surface area contributed by atoms with Crippen molar-refractivity contribution in [1.29, 1.82) is 0 Å². The second-order valence-corrected chi connectivity index (χ2v) is 7.19. The fourth-order valence-corrected chi connectivity index (χ4v) is 4.11. The molecule has 1 atom stereocenters. The molecule has 2 aromatic rings. The van der Waals surface area contributed by atoms with Crippen LogP contribution in [-0.2, 0) is 10.0 Å². The Hall–Kier alpha value is -1.34. The summed E-state index contributed by atoms with van der Waals surface area (Å²) in [4.78, 5) is 0.254. The molecule has 0 radical (unpaired) electrons. The number of benzene rings is 2. The van der Waals surface area contributed by atoms with Gasteiger partial charge in [0.2, 0.25) is 10.0 Å². The summed E-state index contributed by atoms with van der Waals surface area (Å²) in [6.45, 7) is 2.35. The van der Waals surface area contributed by atoms with E-state index in [-0.39, 0.29) is 29.9 Å². The molecule has 0 saturated heterocycles. The molecule has 24 heavy (non-hydrogen) atoms. The van der Waals surface area contributed by atoms with Crippen molar-refractivity contribution in [1.82, 2.24) is 4.72 Å². The van der Waals surface area contributed by atoms with Gasteiger partial charge in [-0.25, -0.2) is 13.1 Å². The molecule has 1 unspecified atom stereocenters. The molecule has 0 spiro atoms. The predicted octanol–water partition coefficient (Wildman–Crippen LogP) is 3.07. The SMILES string of the molecule is CCCCC(CN)NS(=O)(=O)c1ccc(OC)c2ccccc12.Cl. The van der Waals surface area contributed by atoms with Gasteiger partial charge in [-0.3, -0.25) is 0 Å². The molecule has 3 N–H and O–H groups in total. The lowest BCUT2D eigenvalue weighted by Crippen LogP contribution is -2.40. The van der Waals surface area contributed by atoms with Gasteiger partial charge < -0.3 is 10.5 Å². The Morgan fingerprint density at radius 2 is 1.83 bits per heavy atom. The highest BCUT2D eigenvalue weighted by atomic mass is 35.5. The van der Waals surface area contributed by atoms with Crippen LogP contribution in [0.25, 0.3) is 10.8 Å². The largest absolute Gasteiger partial charge is 0.496 e. The first-order chi connectivity index (χ1) is 11.0. The zero-order valence-electron chi connectivity index (χ0n) is 14.0. The Morgan fingerprint density at radius 3 is 2.42 bits per heavy atom. The van der Waals surface area contributed by atoms with Gasteiger partial charge in [-0.05, 0) is 18.6 Å². The third-order valence-electron chi connectivity index (χ3n) is 3.87.